The molecule has 274 valence electrons. The second kappa shape index (κ2) is 19.1. The summed E-state index contributed by atoms with van der Waals surface area (Å²) in [5.41, 5.74) is 8.65. The van der Waals surface area contributed by atoms with Crippen molar-refractivity contribution in [2.45, 2.75) is 44.4 Å². The number of nitrogens with zero attached hydrogens (tertiary/aromatic N) is 2. The zero-order chi connectivity index (χ0) is 37.6. The quantitative estimate of drug-likeness (QED) is 0.0543. The number of fused-ring (bicyclic) bond motifs is 1. The van der Waals surface area contributed by atoms with Crippen molar-refractivity contribution in [3.05, 3.63) is 95.6 Å². The Bertz CT molecular complexity index is 1850. The van der Waals surface area contributed by atoms with Gasteiger partial charge in [0.1, 0.15) is 12.1 Å². The second-order valence-electron chi connectivity index (χ2n) is 11.8. The number of oxazole rings is 1. The topological polar surface area (TPSA) is 231 Å². The number of benzene rings is 2. The van der Waals surface area contributed by atoms with E-state index in [9.17, 15) is 29.1 Å². The zero-order valence-corrected chi connectivity index (χ0v) is 29.2. The molecule has 0 spiro atoms. The molecule has 4 amide bonds. The van der Waals surface area contributed by atoms with Crippen LogP contribution in [0.25, 0.3) is 22.4 Å². The van der Waals surface area contributed by atoms with Gasteiger partial charge >= 0.3 is 0 Å². The molecule has 3 atom stereocenters. The summed E-state index contributed by atoms with van der Waals surface area (Å²) < 4.78 is 5.39. The third kappa shape index (κ3) is 11.4. The number of pyridine rings is 1. The number of rotatable bonds is 19. The lowest BCUT2D eigenvalue weighted by Gasteiger charge is -2.23. The van der Waals surface area contributed by atoms with E-state index in [0.29, 0.717) is 35.6 Å². The van der Waals surface area contributed by atoms with Crippen LogP contribution in [0.15, 0.2) is 83.6 Å². The SMILES string of the molecule is C=C(CNC(=O)c1ccc(-c2ccc(Cl)cc2)cc1)NC(C(=O)NCC(=O)NC(CCCCN)C(=O)NCC(=O)c1nc2ncccc2o1)C(C)O. The lowest BCUT2D eigenvalue weighted by Crippen LogP contribution is -2.54. The molecule has 8 N–H and O–H groups in total. The molecule has 4 rings (SSSR count). The van der Waals surface area contributed by atoms with Crippen LogP contribution >= 0.6 is 11.6 Å². The maximum absolute atomic E-state index is 13.0. The van der Waals surface area contributed by atoms with Crippen LogP contribution in [0.4, 0.5) is 0 Å². The van der Waals surface area contributed by atoms with E-state index in [0.717, 1.165) is 11.1 Å². The number of aliphatic hydroxyl groups excluding tert-OH is 1. The van der Waals surface area contributed by atoms with Crippen molar-refractivity contribution in [1.82, 2.24) is 36.6 Å². The number of ketones is 1. The Kier molecular flexibility index (Phi) is 14.4. The fourth-order valence-electron chi connectivity index (χ4n) is 4.96. The Labute approximate surface area is 304 Å². The summed E-state index contributed by atoms with van der Waals surface area (Å²) in [6.45, 7) is 4.58. The van der Waals surface area contributed by atoms with Gasteiger partial charge < -0.3 is 41.8 Å². The smallest absolute Gasteiger partial charge is 0.267 e. The molecule has 0 aliphatic heterocycles. The number of carbonyl (C=O) groups excluding carboxylic acids is 5. The van der Waals surface area contributed by atoms with Crippen LogP contribution in [0, 0.1) is 0 Å². The largest absolute Gasteiger partial charge is 0.432 e. The number of Topliss-reactive ketones (excluding diaryl/α,β-unsaturated/α-hetero) is 1. The second-order valence-corrected chi connectivity index (χ2v) is 12.3. The normalized spacial score (nSPS) is 12.6. The van der Waals surface area contributed by atoms with Crippen LogP contribution in [0.3, 0.4) is 0 Å². The van der Waals surface area contributed by atoms with Crippen molar-refractivity contribution >= 4 is 52.2 Å². The van der Waals surface area contributed by atoms with Crippen molar-refractivity contribution < 1.29 is 33.5 Å². The molecular weight excluding hydrogens is 692 g/mol. The van der Waals surface area contributed by atoms with E-state index in [-0.39, 0.29) is 36.1 Å². The molecule has 3 unspecified atom stereocenters. The van der Waals surface area contributed by atoms with Crippen LogP contribution in [0.1, 0.15) is 47.2 Å². The summed E-state index contributed by atoms with van der Waals surface area (Å²) >= 11 is 5.96. The minimum atomic E-state index is -1.22. The Morgan fingerprint density at radius 1 is 0.885 bits per heavy atom. The van der Waals surface area contributed by atoms with Gasteiger partial charge in [-0.15, -0.1) is 0 Å². The number of halogens is 1. The van der Waals surface area contributed by atoms with Gasteiger partial charge in [-0.25, -0.2) is 4.98 Å². The van der Waals surface area contributed by atoms with Crippen molar-refractivity contribution in [3.8, 4) is 11.1 Å². The van der Waals surface area contributed by atoms with Crippen LogP contribution in [0.2, 0.25) is 5.02 Å². The third-order valence-electron chi connectivity index (χ3n) is 7.76. The first kappa shape index (κ1) is 39.2. The standard InChI is InChI=1S/C36H41ClN8O7/c1-21(18-40-33(49)25-10-8-23(9-11-25)24-12-14-26(37)15-13-24)43-31(22(2)46)35(51)42-20-30(48)44-27(6-3-4-16-38)34(50)41-19-28(47)36-45-32-29(52-36)7-5-17-39-32/h5,7-15,17,22,27,31,43,46H,1,3-4,6,16,18-20,38H2,2H3,(H,40,49)(H,41,50)(H,42,51)(H,44,48). The Balaban J connectivity index is 1.24. The molecule has 0 fully saturated rings. The summed E-state index contributed by atoms with van der Waals surface area (Å²) in [5, 5.41) is 23.9. The molecule has 0 saturated heterocycles. The van der Waals surface area contributed by atoms with Crippen LogP contribution in [-0.2, 0) is 14.4 Å². The average Bonchev–Trinajstić information content (AvgIpc) is 3.58. The van der Waals surface area contributed by atoms with Crippen LogP contribution < -0.4 is 32.3 Å². The van der Waals surface area contributed by atoms with E-state index in [1.165, 1.54) is 13.1 Å². The first-order valence-corrected chi connectivity index (χ1v) is 16.9. The van der Waals surface area contributed by atoms with E-state index in [1.807, 2.05) is 24.3 Å². The molecular formula is C36H41ClN8O7. The molecule has 0 bridgehead atoms. The Hall–Kier alpha value is -5.64. The number of hydrogen-bond donors (Lipinski definition) is 7. The van der Waals surface area contributed by atoms with E-state index in [1.54, 1.807) is 36.4 Å². The number of hydrogen-bond acceptors (Lipinski definition) is 11. The highest BCUT2D eigenvalue weighted by molar-refractivity contribution is 6.30. The molecule has 15 nitrogen and oxygen atoms in total. The number of nitrogens with two attached hydrogens (primary N) is 1. The highest BCUT2D eigenvalue weighted by atomic mass is 35.5. The summed E-state index contributed by atoms with van der Waals surface area (Å²) in [4.78, 5) is 72.1. The van der Waals surface area contributed by atoms with Crippen LogP contribution in [-0.4, -0.2) is 88.9 Å². The number of aliphatic hydroxyl groups is 1. The van der Waals surface area contributed by atoms with E-state index >= 15 is 0 Å². The number of amides is 4. The fourth-order valence-corrected chi connectivity index (χ4v) is 5.09. The van der Waals surface area contributed by atoms with Gasteiger partial charge in [-0.1, -0.05) is 42.4 Å². The number of nitrogens with one attached hydrogen (secondary N) is 5. The lowest BCUT2D eigenvalue weighted by atomic mass is 10.0. The summed E-state index contributed by atoms with van der Waals surface area (Å²) in [5.74, 6) is -3.22. The van der Waals surface area contributed by atoms with Crippen molar-refractivity contribution in [1.29, 1.82) is 0 Å². The molecule has 52 heavy (non-hydrogen) atoms. The van der Waals surface area contributed by atoms with Gasteiger partial charge in [-0.2, -0.15) is 4.98 Å². The maximum atomic E-state index is 13.0. The van der Waals surface area contributed by atoms with E-state index in [4.69, 9.17) is 21.8 Å². The van der Waals surface area contributed by atoms with E-state index < -0.39 is 54.8 Å². The first-order valence-electron chi connectivity index (χ1n) is 16.5. The molecule has 0 radical (unpaired) electrons. The Morgan fingerprint density at radius 2 is 1.56 bits per heavy atom. The molecule has 2 aromatic heterocycles. The molecule has 2 aromatic carbocycles. The minimum Gasteiger partial charge on any atom is -0.432 e. The number of carbonyl (C=O) groups is 5. The van der Waals surface area contributed by atoms with Gasteiger partial charge in [0.2, 0.25) is 23.5 Å². The molecule has 0 aliphatic carbocycles. The predicted molar refractivity (Wildman–Crippen MR) is 194 cm³/mol. The van der Waals surface area contributed by atoms with Crippen LogP contribution in [0.5, 0.6) is 0 Å². The Morgan fingerprint density at radius 3 is 2.21 bits per heavy atom. The minimum absolute atomic E-state index is 0.0554. The number of aromatic nitrogens is 2. The van der Waals surface area contributed by atoms with Crippen molar-refractivity contribution in [2.75, 3.05) is 26.2 Å². The van der Waals surface area contributed by atoms with Gasteiger partial charge in [-0.3, -0.25) is 24.0 Å². The summed E-state index contributed by atoms with van der Waals surface area (Å²) in [6, 6.07) is 15.3. The van der Waals surface area contributed by atoms with Gasteiger partial charge in [-0.05, 0) is 80.3 Å². The molecule has 4 aromatic rings. The zero-order valence-electron chi connectivity index (χ0n) is 28.5. The molecule has 2 heterocycles. The third-order valence-corrected chi connectivity index (χ3v) is 8.01. The van der Waals surface area contributed by atoms with E-state index in [2.05, 4.69) is 43.1 Å². The predicted octanol–water partition coefficient (Wildman–Crippen LogP) is 1.85. The van der Waals surface area contributed by atoms with Crippen molar-refractivity contribution in [2.24, 2.45) is 5.73 Å². The molecule has 16 heteroatoms. The lowest BCUT2D eigenvalue weighted by molar-refractivity contribution is -0.131. The van der Waals surface area contributed by atoms with Gasteiger partial charge in [0, 0.05) is 22.5 Å². The van der Waals surface area contributed by atoms with Gasteiger partial charge in [0.15, 0.2) is 11.2 Å². The molecule has 0 aliphatic rings. The van der Waals surface area contributed by atoms with Gasteiger partial charge in [0.25, 0.3) is 11.8 Å². The average molecular weight is 733 g/mol. The first-order chi connectivity index (χ1) is 24.9. The van der Waals surface area contributed by atoms with Crippen molar-refractivity contribution in [3.63, 3.8) is 0 Å². The maximum Gasteiger partial charge on any atom is 0.267 e. The fraction of sp³-hybridized carbons (Fsp3) is 0.306. The highest BCUT2D eigenvalue weighted by Gasteiger charge is 2.26. The summed E-state index contributed by atoms with van der Waals surface area (Å²) in [6.07, 6.45) is 1.62. The molecule has 0 saturated carbocycles. The highest BCUT2D eigenvalue weighted by Crippen LogP contribution is 2.22. The number of unbranched alkanes of at least 4 members (excludes halogenated alkanes) is 1. The monoisotopic (exact) mass is 732 g/mol. The van der Waals surface area contributed by atoms with Gasteiger partial charge in [0.05, 0.1) is 25.7 Å². The summed E-state index contributed by atoms with van der Waals surface area (Å²) in [7, 11) is 0.